The highest BCUT2D eigenvalue weighted by Gasteiger charge is 2.19. The number of hydrogen-bond donors (Lipinski definition) is 1. The third-order valence-electron chi connectivity index (χ3n) is 3.72. The fourth-order valence-corrected chi connectivity index (χ4v) is 2.50. The van der Waals surface area contributed by atoms with E-state index in [1.807, 2.05) is 26.0 Å². The van der Waals surface area contributed by atoms with E-state index in [4.69, 9.17) is 9.84 Å². The van der Waals surface area contributed by atoms with Crippen molar-refractivity contribution in [3.63, 3.8) is 0 Å². The molecule has 0 saturated carbocycles. The van der Waals surface area contributed by atoms with Crippen molar-refractivity contribution in [3.05, 3.63) is 35.5 Å². The van der Waals surface area contributed by atoms with Crippen LogP contribution in [-0.2, 0) is 14.3 Å². The summed E-state index contributed by atoms with van der Waals surface area (Å²) < 4.78 is 5.31. The summed E-state index contributed by atoms with van der Waals surface area (Å²) in [6, 6.07) is 0. The van der Waals surface area contributed by atoms with Gasteiger partial charge in [-0.1, -0.05) is 23.8 Å². The molecular weight excluding hydrogens is 268 g/mol. The highest BCUT2D eigenvalue weighted by molar-refractivity contribution is 5.86. The number of aliphatic carboxylic acids is 1. The molecule has 0 aromatic carbocycles. The third-order valence-corrected chi connectivity index (χ3v) is 3.72. The van der Waals surface area contributed by atoms with Crippen molar-refractivity contribution in [1.82, 2.24) is 0 Å². The van der Waals surface area contributed by atoms with E-state index in [1.165, 1.54) is 6.92 Å². The Morgan fingerprint density at radius 1 is 1.33 bits per heavy atom. The lowest BCUT2D eigenvalue weighted by atomic mass is 9.88. The van der Waals surface area contributed by atoms with Gasteiger partial charge in [-0.3, -0.25) is 4.79 Å². The molecule has 0 amide bonds. The Labute approximate surface area is 126 Å². The third kappa shape index (κ3) is 5.98. The molecule has 0 aromatic heterocycles. The molecule has 1 aliphatic rings. The Kier molecular flexibility index (Phi) is 6.40. The predicted octanol–water partition coefficient (Wildman–Crippen LogP) is 3.64. The van der Waals surface area contributed by atoms with Crippen molar-refractivity contribution in [3.8, 4) is 0 Å². The zero-order valence-corrected chi connectivity index (χ0v) is 13.0. The first-order chi connectivity index (χ1) is 9.79. The van der Waals surface area contributed by atoms with Crippen LogP contribution in [0.3, 0.4) is 0 Å². The zero-order chi connectivity index (χ0) is 16.0. The van der Waals surface area contributed by atoms with E-state index in [9.17, 15) is 9.59 Å². The average molecular weight is 292 g/mol. The van der Waals surface area contributed by atoms with Crippen LogP contribution in [0.15, 0.2) is 35.5 Å². The molecule has 0 saturated heterocycles. The molecule has 0 aromatic rings. The molecule has 4 nitrogen and oxygen atoms in total. The topological polar surface area (TPSA) is 63.6 Å². The van der Waals surface area contributed by atoms with Gasteiger partial charge in [-0.2, -0.15) is 0 Å². The molecule has 1 N–H and O–H groups in total. The van der Waals surface area contributed by atoms with E-state index in [1.54, 1.807) is 0 Å². The number of carbonyl (C=O) groups excluding carboxylic acids is 1. The Morgan fingerprint density at radius 2 is 2.00 bits per heavy atom. The number of rotatable bonds is 3. The number of hydrogen-bond acceptors (Lipinski definition) is 3. The van der Waals surface area contributed by atoms with E-state index < -0.39 is 5.97 Å². The summed E-state index contributed by atoms with van der Waals surface area (Å²) in [6.45, 7) is 9.06. The molecule has 4 heteroatoms. The molecule has 2 unspecified atom stereocenters. The van der Waals surface area contributed by atoms with Crippen LogP contribution in [0.5, 0.6) is 0 Å². The number of carboxylic acids is 1. The Hall–Kier alpha value is -1.84. The van der Waals surface area contributed by atoms with Crippen LogP contribution < -0.4 is 0 Å². The van der Waals surface area contributed by atoms with Gasteiger partial charge in [0.25, 0.3) is 0 Å². The van der Waals surface area contributed by atoms with Crippen LogP contribution >= 0.6 is 0 Å². The molecule has 1 rings (SSSR count). The number of ether oxygens (including phenoxy) is 1. The second kappa shape index (κ2) is 7.81. The summed E-state index contributed by atoms with van der Waals surface area (Å²) in [5, 5.41) is 9.10. The SMILES string of the molecule is C=C(C(=O)O)C1CC=C(C)CC(OC(C)=O)C=C(C)CC1. The molecule has 0 spiro atoms. The fourth-order valence-electron chi connectivity index (χ4n) is 2.50. The van der Waals surface area contributed by atoms with Gasteiger partial charge in [-0.25, -0.2) is 4.79 Å². The smallest absolute Gasteiger partial charge is 0.331 e. The molecule has 0 fully saturated rings. The van der Waals surface area contributed by atoms with Gasteiger partial charge in [0, 0.05) is 18.9 Å². The Balaban J connectivity index is 2.90. The number of esters is 1. The molecule has 2 atom stereocenters. The quantitative estimate of drug-likeness (QED) is 0.490. The summed E-state index contributed by atoms with van der Waals surface area (Å²) in [5.74, 6) is -1.26. The lowest BCUT2D eigenvalue weighted by molar-refractivity contribution is -0.144. The van der Waals surface area contributed by atoms with Crippen molar-refractivity contribution < 1.29 is 19.4 Å². The molecule has 1 aliphatic carbocycles. The Bertz CT molecular complexity index is 485. The van der Waals surface area contributed by atoms with Crippen LogP contribution in [0, 0.1) is 5.92 Å². The van der Waals surface area contributed by atoms with Crippen molar-refractivity contribution in [1.29, 1.82) is 0 Å². The summed E-state index contributed by atoms with van der Waals surface area (Å²) in [7, 11) is 0. The van der Waals surface area contributed by atoms with Crippen molar-refractivity contribution in [2.75, 3.05) is 0 Å². The number of allylic oxidation sites excluding steroid dienone is 2. The minimum Gasteiger partial charge on any atom is -0.478 e. The zero-order valence-electron chi connectivity index (χ0n) is 13.0. The van der Waals surface area contributed by atoms with Gasteiger partial charge < -0.3 is 9.84 Å². The van der Waals surface area contributed by atoms with Crippen LogP contribution in [-0.4, -0.2) is 23.1 Å². The summed E-state index contributed by atoms with van der Waals surface area (Å²) in [6.07, 6.45) is 6.58. The highest BCUT2D eigenvalue weighted by atomic mass is 16.5. The van der Waals surface area contributed by atoms with Gasteiger partial charge in [0.05, 0.1) is 0 Å². The first-order valence-electron chi connectivity index (χ1n) is 7.21. The molecule has 0 radical (unpaired) electrons. The maximum atomic E-state index is 11.1. The Morgan fingerprint density at radius 3 is 2.57 bits per heavy atom. The fraction of sp³-hybridized carbons (Fsp3) is 0.529. The second-order valence-electron chi connectivity index (χ2n) is 5.72. The van der Waals surface area contributed by atoms with Crippen molar-refractivity contribution >= 4 is 11.9 Å². The van der Waals surface area contributed by atoms with Crippen LogP contribution in [0.25, 0.3) is 0 Å². The second-order valence-corrected chi connectivity index (χ2v) is 5.72. The lowest BCUT2D eigenvalue weighted by Gasteiger charge is -2.20. The summed E-state index contributed by atoms with van der Waals surface area (Å²) >= 11 is 0. The van der Waals surface area contributed by atoms with E-state index in [0.29, 0.717) is 12.8 Å². The van der Waals surface area contributed by atoms with Crippen molar-refractivity contribution in [2.24, 2.45) is 5.92 Å². The van der Waals surface area contributed by atoms with Crippen LogP contribution in [0.4, 0.5) is 0 Å². The van der Waals surface area contributed by atoms with Gasteiger partial charge >= 0.3 is 11.9 Å². The summed E-state index contributed by atoms with van der Waals surface area (Å²) in [4.78, 5) is 22.2. The normalized spacial score (nSPS) is 23.6. The minimum atomic E-state index is -0.928. The average Bonchev–Trinajstić information content (AvgIpc) is 2.36. The van der Waals surface area contributed by atoms with Gasteiger partial charge in [0.2, 0.25) is 0 Å². The van der Waals surface area contributed by atoms with Crippen LogP contribution in [0.2, 0.25) is 0 Å². The van der Waals surface area contributed by atoms with E-state index >= 15 is 0 Å². The maximum absolute atomic E-state index is 11.1. The molecular formula is C17H24O4. The van der Waals surface area contributed by atoms with E-state index in [2.05, 4.69) is 6.58 Å². The monoisotopic (exact) mass is 292 g/mol. The largest absolute Gasteiger partial charge is 0.478 e. The standard InChI is InChI=1S/C17H24O4/c1-11-5-7-15(13(3)17(19)20)8-6-12(2)10-16(9-11)21-14(4)18/h5,10,15-16H,3,6-9H2,1-2,4H3,(H,19,20). The number of carbonyl (C=O) groups is 2. The first kappa shape index (κ1) is 17.2. The lowest BCUT2D eigenvalue weighted by Crippen LogP contribution is -2.17. The molecule has 0 aliphatic heterocycles. The first-order valence-corrected chi connectivity index (χ1v) is 7.21. The van der Waals surface area contributed by atoms with Gasteiger partial charge in [-0.05, 0) is 45.1 Å². The van der Waals surface area contributed by atoms with Crippen molar-refractivity contribution in [2.45, 2.75) is 52.6 Å². The molecule has 116 valence electrons. The minimum absolute atomic E-state index is 0.0499. The van der Waals surface area contributed by atoms with Gasteiger partial charge in [-0.15, -0.1) is 0 Å². The maximum Gasteiger partial charge on any atom is 0.331 e. The molecule has 0 heterocycles. The van der Waals surface area contributed by atoms with Crippen LogP contribution in [0.1, 0.15) is 46.5 Å². The highest BCUT2D eigenvalue weighted by Crippen LogP contribution is 2.26. The molecule has 0 bridgehead atoms. The van der Waals surface area contributed by atoms with Gasteiger partial charge in [0.1, 0.15) is 6.10 Å². The predicted molar refractivity (Wildman–Crippen MR) is 81.8 cm³/mol. The molecule has 21 heavy (non-hydrogen) atoms. The van der Waals surface area contributed by atoms with Gasteiger partial charge in [0.15, 0.2) is 0 Å². The van der Waals surface area contributed by atoms with E-state index in [-0.39, 0.29) is 23.6 Å². The summed E-state index contributed by atoms with van der Waals surface area (Å²) in [5.41, 5.74) is 2.47. The van der Waals surface area contributed by atoms with E-state index in [0.717, 1.165) is 24.0 Å². The number of carboxylic acid groups (broad SMARTS) is 1.